The van der Waals surface area contributed by atoms with Crippen LogP contribution in [-0.4, -0.2) is 36.8 Å². The number of allylic oxidation sites excluding steroid dienone is 2. The fraction of sp³-hybridized carbons (Fsp3) is 0.318. The summed E-state index contributed by atoms with van der Waals surface area (Å²) >= 11 is 0. The molecular formula is C22H24O6. The predicted octanol–water partition coefficient (Wildman–Crippen LogP) is 3.98. The second-order valence-corrected chi connectivity index (χ2v) is 6.89. The van der Waals surface area contributed by atoms with Gasteiger partial charge in [-0.2, -0.15) is 0 Å². The minimum absolute atomic E-state index is 0.0826. The Bertz CT molecular complexity index is 941. The van der Waals surface area contributed by atoms with Crippen LogP contribution in [0, 0.1) is 0 Å². The van der Waals surface area contributed by atoms with Gasteiger partial charge in [-0.1, -0.05) is 17.7 Å². The van der Waals surface area contributed by atoms with Crippen molar-refractivity contribution in [3.63, 3.8) is 0 Å². The lowest BCUT2D eigenvalue weighted by Crippen LogP contribution is -2.27. The van der Waals surface area contributed by atoms with E-state index in [4.69, 9.17) is 14.2 Å². The topological polar surface area (TPSA) is 85.2 Å². The number of rotatable bonds is 5. The van der Waals surface area contributed by atoms with E-state index in [0.717, 1.165) is 5.57 Å². The molecule has 0 amide bonds. The molecule has 0 radical (unpaired) electrons. The molecule has 0 spiro atoms. The Kier molecular flexibility index (Phi) is 5.49. The lowest BCUT2D eigenvalue weighted by Gasteiger charge is -2.27. The molecule has 3 rings (SSSR count). The number of aromatic hydroxyl groups is 2. The predicted molar refractivity (Wildman–Crippen MR) is 105 cm³/mol. The summed E-state index contributed by atoms with van der Waals surface area (Å²) in [6.45, 7) is 4.02. The summed E-state index contributed by atoms with van der Waals surface area (Å²) in [6.07, 6.45) is 2.45. The highest BCUT2D eigenvalue weighted by atomic mass is 16.5. The molecule has 1 aliphatic rings. The van der Waals surface area contributed by atoms with Gasteiger partial charge >= 0.3 is 0 Å². The number of Topliss-reactive ketones (excluding diaryl/α,β-unsaturated/α-hetero) is 1. The zero-order valence-corrected chi connectivity index (χ0v) is 16.4. The van der Waals surface area contributed by atoms with Gasteiger partial charge < -0.3 is 24.4 Å². The molecule has 1 aliphatic heterocycles. The number of hydrogen-bond acceptors (Lipinski definition) is 6. The molecule has 0 unspecified atom stereocenters. The molecule has 2 aromatic rings. The quantitative estimate of drug-likeness (QED) is 0.759. The highest BCUT2D eigenvalue weighted by Crippen LogP contribution is 2.45. The van der Waals surface area contributed by atoms with Crippen LogP contribution in [0.5, 0.6) is 28.7 Å². The molecule has 0 aromatic heterocycles. The van der Waals surface area contributed by atoms with Gasteiger partial charge in [-0.25, -0.2) is 0 Å². The first-order chi connectivity index (χ1) is 13.4. The second kappa shape index (κ2) is 7.84. The molecule has 148 valence electrons. The van der Waals surface area contributed by atoms with E-state index >= 15 is 0 Å². The van der Waals surface area contributed by atoms with E-state index in [-0.39, 0.29) is 35.4 Å². The number of phenols is 2. The zero-order chi connectivity index (χ0) is 20.4. The minimum Gasteiger partial charge on any atom is -0.508 e. The number of fused-ring (bicyclic) bond motifs is 1. The maximum Gasteiger partial charge on any atom is 0.201 e. The van der Waals surface area contributed by atoms with Crippen molar-refractivity contribution >= 4 is 5.78 Å². The van der Waals surface area contributed by atoms with E-state index in [1.165, 1.54) is 20.3 Å². The van der Waals surface area contributed by atoms with Gasteiger partial charge in [0.2, 0.25) is 5.75 Å². The molecular weight excluding hydrogens is 360 g/mol. The summed E-state index contributed by atoms with van der Waals surface area (Å²) in [5.41, 5.74) is 2.63. The highest BCUT2D eigenvalue weighted by molar-refractivity contribution is 6.05. The van der Waals surface area contributed by atoms with Crippen LogP contribution in [0.1, 0.15) is 41.3 Å². The second-order valence-electron chi connectivity index (χ2n) is 6.89. The lowest BCUT2D eigenvalue weighted by atomic mass is 9.86. The summed E-state index contributed by atoms with van der Waals surface area (Å²) < 4.78 is 16.4. The molecule has 6 heteroatoms. The molecule has 1 atom stereocenters. The molecule has 0 bridgehead atoms. The summed E-state index contributed by atoms with van der Waals surface area (Å²) in [5, 5.41) is 20.6. The Hall–Kier alpha value is -3.15. The van der Waals surface area contributed by atoms with Crippen LogP contribution in [0.2, 0.25) is 0 Å². The zero-order valence-electron chi connectivity index (χ0n) is 16.4. The number of carbonyl (C=O) groups is 1. The smallest absolute Gasteiger partial charge is 0.201 e. The maximum absolute atomic E-state index is 13.2. The molecule has 0 aliphatic carbocycles. The number of ketones is 1. The number of hydrogen-bond donors (Lipinski definition) is 2. The van der Waals surface area contributed by atoms with Crippen LogP contribution in [0.4, 0.5) is 0 Å². The number of carbonyl (C=O) groups excluding carboxylic acids is 1. The van der Waals surface area contributed by atoms with Gasteiger partial charge in [0.05, 0.1) is 25.7 Å². The van der Waals surface area contributed by atoms with Crippen LogP contribution in [-0.2, 0) is 6.42 Å². The standard InChI is InChI=1S/C22H24O6/c1-12(2)5-6-14-17(23)9-7-15-19(24)16(11-28-21(14)15)13-8-10-18(26-3)20(25)22(13)27-4/h5,7-10,16,23,25H,6,11H2,1-4H3/t16-/m1/s1. The summed E-state index contributed by atoms with van der Waals surface area (Å²) in [6, 6.07) is 6.37. The van der Waals surface area contributed by atoms with E-state index in [9.17, 15) is 15.0 Å². The third kappa shape index (κ3) is 3.38. The molecule has 0 fully saturated rings. The highest BCUT2D eigenvalue weighted by Gasteiger charge is 2.35. The number of benzene rings is 2. The molecule has 2 N–H and O–H groups in total. The molecule has 6 nitrogen and oxygen atoms in total. The number of methoxy groups -OCH3 is 2. The largest absolute Gasteiger partial charge is 0.508 e. The number of phenolic OH excluding ortho intramolecular Hbond substituents is 2. The number of ether oxygens (including phenoxy) is 3. The van der Waals surface area contributed by atoms with Crippen molar-refractivity contribution in [1.29, 1.82) is 0 Å². The van der Waals surface area contributed by atoms with Crippen molar-refractivity contribution in [1.82, 2.24) is 0 Å². The normalized spacial score (nSPS) is 15.4. The van der Waals surface area contributed by atoms with E-state index < -0.39 is 5.92 Å². The van der Waals surface area contributed by atoms with Crippen molar-refractivity contribution in [2.45, 2.75) is 26.2 Å². The molecule has 0 saturated heterocycles. The van der Waals surface area contributed by atoms with Gasteiger partial charge in [-0.3, -0.25) is 4.79 Å². The van der Waals surface area contributed by atoms with Gasteiger partial charge in [0.25, 0.3) is 0 Å². The van der Waals surface area contributed by atoms with Gasteiger partial charge in [0, 0.05) is 11.1 Å². The lowest BCUT2D eigenvalue weighted by molar-refractivity contribution is 0.0892. The summed E-state index contributed by atoms with van der Waals surface area (Å²) in [4.78, 5) is 13.2. The van der Waals surface area contributed by atoms with Gasteiger partial charge in [0.1, 0.15) is 18.1 Å². The Morgan fingerprint density at radius 3 is 2.57 bits per heavy atom. The van der Waals surface area contributed by atoms with Crippen molar-refractivity contribution in [2.24, 2.45) is 0 Å². The minimum atomic E-state index is -0.639. The fourth-order valence-corrected chi connectivity index (χ4v) is 3.36. The van der Waals surface area contributed by atoms with E-state index in [1.807, 2.05) is 19.9 Å². The SMILES string of the molecule is COc1ccc([C@H]2COc3c(ccc(O)c3CC=C(C)C)C2=O)c(OC)c1O. The Morgan fingerprint density at radius 1 is 1.18 bits per heavy atom. The van der Waals surface area contributed by atoms with Gasteiger partial charge in [-0.05, 0) is 38.5 Å². The van der Waals surface area contributed by atoms with Crippen LogP contribution in [0.3, 0.4) is 0 Å². The molecule has 1 heterocycles. The monoisotopic (exact) mass is 384 g/mol. The summed E-state index contributed by atoms with van der Waals surface area (Å²) in [5.74, 6) is 0.0174. The van der Waals surface area contributed by atoms with E-state index in [0.29, 0.717) is 28.9 Å². The first-order valence-electron chi connectivity index (χ1n) is 8.98. The van der Waals surface area contributed by atoms with Crippen molar-refractivity contribution in [3.05, 3.63) is 52.6 Å². The van der Waals surface area contributed by atoms with Crippen molar-refractivity contribution in [3.8, 4) is 28.7 Å². The third-order valence-corrected chi connectivity index (χ3v) is 4.85. The van der Waals surface area contributed by atoms with Gasteiger partial charge in [-0.15, -0.1) is 0 Å². The van der Waals surface area contributed by atoms with Crippen LogP contribution >= 0.6 is 0 Å². The molecule has 2 aromatic carbocycles. The van der Waals surface area contributed by atoms with Crippen LogP contribution < -0.4 is 14.2 Å². The Labute approximate surface area is 164 Å². The molecule has 28 heavy (non-hydrogen) atoms. The average Bonchev–Trinajstić information content (AvgIpc) is 2.67. The van der Waals surface area contributed by atoms with Crippen LogP contribution in [0.15, 0.2) is 35.9 Å². The first-order valence-corrected chi connectivity index (χ1v) is 8.98. The van der Waals surface area contributed by atoms with Crippen molar-refractivity contribution < 1.29 is 29.2 Å². The Balaban J connectivity index is 2.04. The van der Waals surface area contributed by atoms with Crippen molar-refractivity contribution in [2.75, 3.05) is 20.8 Å². The molecule has 0 saturated carbocycles. The fourth-order valence-electron chi connectivity index (χ4n) is 3.36. The van der Waals surface area contributed by atoms with Crippen LogP contribution in [0.25, 0.3) is 0 Å². The maximum atomic E-state index is 13.2. The third-order valence-electron chi connectivity index (χ3n) is 4.85. The van der Waals surface area contributed by atoms with Gasteiger partial charge in [0.15, 0.2) is 17.3 Å². The Morgan fingerprint density at radius 2 is 1.93 bits per heavy atom. The van der Waals surface area contributed by atoms with E-state index in [1.54, 1.807) is 18.2 Å². The first kappa shape index (κ1) is 19.6. The summed E-state index contributed by atoms with van der Waals surface area (Å²) in [7, 11) is 2.87. The van der Waals surface area contributed by atoms with E-state index in [2.05, 4.69) is 0 Å². The average molecular weight is 384 g/mol.